The lowest BCUT2D eigenvalue weighted by molar-refractivity contribution is -0.133. The molecular weight excluding hydrogens is 220 g/mol. The van der Waals surface area contributed by atoms with Crippen LogP contribution in [0.25, 0.3) is 0 Å². The van der Waals surface area contributed by atoms with Crippen molar-refractivity contribution in [3.8, 4) is 0 Å². The molecule has 0 amide bonds. The lowest BCUT2D eigenvalue weighted by atomic mass is 10.3. The zero-order chi connectivity index (χ0) is 12.3. The number of quaternary nitrogens is 1. The van der Waals surface area contributed by atoms with Crippen LogP contribution in [0.5, 0.6) is 0 Å². The summed E-state index contributed by atoms with van der Waals surface area (Å²) in [5, 5.41) is 12.1. The fourth-order valence-electron chi connectivity index (χ4n) is 1.56. The fourth-order valence-corrected chi connectivity index (χ4v) is 1.56. The molecule has 88 valence electrons. The SMILES string of the molecule is CC[N+]1(c2ccccc2)N=NC(OC(C)=O)=N1. The normalized spacial score (nSPS) is 22.4. The first-order valence-corrected chi connectivity index (χ1v) is 5.32. The highest BCUT2D eigenvalue weighted by atomic mass is 16.6. The van der Waals surface area contributed by atoms with Crippen LogP contribution in [0, 0.1) is 0 Å². The van der Waals surface area contributed by atoms with Gasteiger partial charge in [-0.05, 0) is 16.7 Å². The zero-order valence-corrected chi connectivity index (χ0v) is 9.70. The number of esters is 1. The van der Waals surface area contributed by atoms with Crippen molar-refractivity contribution in [2.75, 3.05) is 6.54 Å². The predicted molar refractivity (Wildman–Crippen MR) is 62.8 cm³/mol. The van der Waals surface area contributed by atoms with E-state index in [9.17, 15) is 4.79 Å². The number of nitrogens with zero attached hydrogens (tertiary/aromatic N) is 4. The van der Waals surface area contributed by atoms with Crippen LogP contribution in [0.1, 0.15) is 13.8 Å². The molecule has 0 spiro atoms. The maximum Gasteiger partial charge on any atom is 0.401 e. The maximum atomic E-state index is 10.8. The molecular formula is C11H13N4O2+. The molecule has 0 fully saturated rings. The minimum absolute atomic E-state index is 0.00297. The molecule has 0 saturated heterocycles. The van der Waals surface area contributed by atoms with Gasteiger partial charge < -0.3 is 4.74 Å². The van der Waals surface area contributed by atoms with Crippen LogP contribution in [0.2, 0.25) is 0 Å². The number of carbonyl (C=O) groups excluding carboxylic acids is 1. The molecule has 0 bridgehead atoms. The molecule has 1 aliphatic rings. The molecule has 17 heavy (non-hydrogen) atoms. The van der Waals surface area contributed by atoms with E-state index in [1.807, 2.05) is 37.3 Å². The number of para-hydroxylation sites is 1. The third-order valence-corrected chi connectivity index (χ3v) is 2.37. The van der Waals surface area contributed by atoms with E-state index in [-0.39, 0.29) is 10.7 Å². The minimum Gasteiger partial charge on any atom is -0.386 e. The maximum absolute atomic E-state index is 10.8. The quantitative estimate of drug-likeness (QED) is 0.580. The molecule has 0 aliphatic carbocycles. The van der Waals surface area contributed by atoms with Gasteiger partial charge in [0.1, 0.15) is 6.54 Å². The smallest absolute Gasteiger partial charge is 0.386 e. The van der Waals surface area contributed by atoms with Gasteiger partial charge in [0.2, 0.25) is 0 Å². The minimum atomic E-state index is -0.452. The Morgan fingerprint density at radius 3 is 2.65 bits per heavy atom. The van der Waals surface area contributed by atoms with Crippen LogP contribution in [0.15, 0.2) is 45.8 Å². The molecule has 0 saturated carbocycles. The second-order valence-electron chi connectivity index (χ2n) is 3.55. The molecule has 0 N–H and O–H groups in total. The Bertz CT molecular complexity index is 484. The number of hydrogen-bond donors (Lipinski definition) is 0. The molecule has 2 rings (SSSR count). The van der Waals surface area contributed by atoms with Crippen molar-refractivity contribution in [2.24, 2.45) is 15.4 Å². The Morgan fingerprint density at radius 2 is 2.06 bits per heavy atom. The first-order valence-electron chi connectivity index (χ1n) is 5.32. The lowest BCUT2D eigenvalue weighted by Gasteiger charge is -2.17. The molecule has 1 heterocycles. The van der Waals surface area contributed by atoms with Gasteiger partial charge in [-0.25, -0.2) is 0 Å². The summed E-state index contributed by atoms with van der Waals surface area (Å²) in [4.78, 5) is 10.8. The Morgan fingerprint density at radius 1 is 1.35 bits per heavy atom. The van der Waals surface area contributed by atoms with Gasteiger partial charge >= 0.3 is 12.0 Å². The highest BCUT2D eigenvalue weighted by Crippen LogP contribution is 2.28. The third kappa shape index (κ3) is 2.21. The Labute approximate surface area is 98.8 Å². The molecule has 1 aliphatic heterocycles. The van der Waals surface area contributed by atoms with Crippen LogP contribution in [-0.4, -0.2) is 18.5 Å². The van der Waals surface area contributed by atoms with Gasteiger partial charge in [-0.2, -0.15) is 0 Å². The molecule has 1 atom stereocenters. The number of amidine groups is 1. The predicted octanol–water partition coefficient (Wildman–Crippen LogP) is 2.23. The van der Waals surface area contributed by atoms with Gasteiger partial charge in [-0.1, -0.05) is 18.2 Å². The van der Waals surface area contributed by atoms with Crippen molar-refractivity contribution >= 4 is 17.7 Å². The number of ether oxygens (including phenoxy) is 1. The number of benzene rings is 1. The summed E-state index contributed by atoms with van der Waals surface area (Å²) in [5.41, 5.74) is 0.876. The number of hydrogen-bond acceptors (Lipinski definition) is 5. The Kier molecular flexibility index (Phi) is 2.97. The molecule has 1 unspecified atom stereocenters. The van der Waals surface area contributed by atoms with Crippen molar-refractivity contribution in [2.45, 2.75) is 13.8 Å². The van der Waals surface area contributed by atoms with Gasteiger partial charge in [0.25, 0.3) is 0 Å². The molecule has 0 aromatic heterocycles. The summed E-state index contributed by atoms with van der Waals surface area (Å²) < 4.78 is 4.80. The lowest BCUT2D eigenvalue weighted by Crippen LogP contribution is -2.35. The van der Waals surface area contributed by atoms with Crippen LogP contribution in [0.4, 0.5) is 5.69 Å². The number of carbonyl (C=O) groups is 1. The average Bonchev–Trinajstić information content (AvgIpc) is 2.74. The van der Waals surface area contributed by atoms with Crippen LogP contribution in [-0.2, 0) is 9.53 Å². The molecule has 0 radical (unpaired) electrons. The first-order chi connectivity index (χ1) is 8.16. The zero-order valence-electron chi connectivity index (χ0n) is 9.70. The van der Waals surface area contributed by atoms with E-state index >= 15 is 0 Å². The van der Waals surface area contributed by atoms with Crippen LogP contribution >= 0.6 is 0 Å². The van der Waals surface area contributed by atoms with E-state index in [4.69, 9.17) is 4.74 Å². The summed E-state index contributed by atoms with van der Waals surface area (Å²) in [6, 6.07) is 9.54. The molecule has 6 nitrogen and oxygen atoms in total. The Hall–Kier alpha value is -2.08. The highest BCUT2D eigenvalue weighted by Gasteiger charge is 2.37. The summed E-state index contributed by atoms with van der Waals surface area (Å²) in [6.45, 7) is 3.84. The van der Waals surface area contributed by atoms with E-state index in [1.165, 1.54) is 6.92 Å². The van der Waals surface area contributed by atoms with E-state index in [0.717, 1.165) is 5.69 Å². The average molecular weight is 233 g/mol. The summed E-state index contributed by atoms with van der Waals surface area (Å²) >= 11 is 0. The van der Waals surface area contributed by atoms with Gasteiger partial charge in [-0.3, -0.25) is 4.79 Å². The van der Waals surface area contributed by atoms with E-state index in [0.29, 0.717) is 6.54 Å². The van der Waals surface area contributed by atoms with Crippen molar-refractivity contribution in [1.29, 1.82) is 0 Å². The van der Waals surface area contributed by atoms with E-state index in [1.54, 1.807) is 0 Å². The van der Waals surface area contributed by atoms with Crippen LogP contribution in [0.3, 0.4) is 0 Å². The summed E-state index contributed by atoms with van der Waals surface area (Å²) in [6.07, 6.45) is 0. The van der Waals surface area contributed by atoms with E-state index in [2.05, 4.69) is 15.4 Å². The topological polar surface area (TPSA) is 63.4 Å². The Balaban J connectivity index is 2.33. The highest BCUT2D eigenvalue weighted by molar-refractivity contribution is 5.87. The monoisotopic (exact) mass is 233 g/mol. The van der Waals surface area contributed by atoms with Crippen LogP contribution < -0.4 is 4.70 Å². The summed E-state index contributed by atoms with van der Waals surface area (Å²) in [5.74, 6) is -0.452. The van der Waals surface area contributed by atoms with Gasteiger partial charge in [-0.15, -0.1) is 0 Å². The standard InChI is InChI=1S/C11H13N4O2/c1-3-15(10-7-5-4-6-8-10)13-11(12-14-15)17-9(2)16/h4-8H,3H2,1-2H3/q+1. The van der Waals surface area contributed by atoms with Crippen molar-refractivity contribution in [1.82, 2.24) is 4.70 Å². The largest absolute Gasteiger partial charge is 0.401 e. The van der Waals surface area contributed by atoms with Gasteiger partial charge in [0.05, 0.1) is 5.22 Å². The molecule has 1 aromatic rings. The first kappa shape index (κ1) is 11.4. The summed E-state index contributed by atoms with van der Waals surface area (Å²) in [7, 11) is 0. The second-order valence-corrected chi connectivity index (χ2v) is 3.55. The molecule has 6 heteroatoms. The fraction of sp³-hybridized carbons (Fsp3) is 0.273. The molecule has 1 aromatic carbocycles. The van der Waals surface area contributed by atoms with Crippen molar-refractivity contribution in [3.63, 3.8) is 0 Å². The third-order valence-electron chi connectivity index (χ3n) is 2.37. The van der Waals surface area contributed by atoms with Crippen molar-refractivity contribution in [3.05, 3.63) is 30.3 Å². The van der Waals surface area contributed by atoms with Gasteiger partial charge in [0.15, 0.2) is 5.69 Å². The van der Waals surface area contributed by atoms with E-state index < -0.39 is 5.97 Å². The second kappa shape index (κ2) is 4.42. The van der Waals surface area contributed by atoms with Gasteiger partial charge in [0, 0.05) is 24.2 Å². The number of rotatable bonds is 2. The van der Waals surface area contributed by atoms with Crippen molar-refractivity contribution < 1.29 is 9.53 Å².